The molecule has 0 unspecified atom stereocenters. The van der Waals surface area contributed by atoms with Crippen molar-refractivity contribution < 1.29 is 19.4 Å². The van der Waals surface area contributed by atoms with Gasteiger partial charge in [0.2, 0.25) is 0 Å². The molecule has 0 radical (unpaired) electrons. The van der Waals surface area contributed by atoms with Gasteiger partial charge in [-0.1, -0.05) is 11.6 Å². The zero-order valence-electron chi connectivity index (χ0n) is 15.4. The lowest BCUT2D eigenvalue weighted by atomic mass is 9.86. The van der Waals surface area contributed by atoms with Gasteiger partial charge in [0, 0.05) is 35.3 Å². The number of halogens is 1. The number of carbonyl (C=O) groups is 2. The predicted molar refractivity (Wildman–Crippen MR) is 103 cm³/mol. The molecule has 6 nitrogen and oxygen atoms in total. The van der Waals surface area contributed by atoms with E-state index >= 15 is 0 Å². The highest BCUT2D eigenvalue weighted by molar-refractivity contribution is 6.30. The minimum atomic E-state index is -0.927. The van der Waals surface area contributed by atoms with Gasteiger partial charge in [-0.15, -0.1) is 0 Å². The van der Waals surface area contributed by atoms with Crippen LogP contribution in [0.4, 0.5) is 0 Å². The smallest absolute Gasteiger partial charge is 0.305 e. The first-order valence-electron chi connectivity index (χ1n) is 8.88. The van der Waals surface area contributed by atoms with E-state index in [1.165, 1.54) is 0 Å². The Hall–Kier alpha value is -2.31. The van der Waals surface area contributed by atoms with Crippen LogP contribution in [0.3, 0.4) is 0 Å². The van der Waals surface area contributed by atoms with Crippen LogP contribution in [0.1, 0.15) is 41.0 Å². The molecule has 2 heterocycles. The zero-order valence-corrected chi connectivity index (χ0v) is 16.2. The summed E-state index contributed by atoms with van der Waals surface area (Å²) in [6, 6.07) is 9.23. The number of aliphatic carboxylic acids is 1. The van der Waals surface area contributed by atoms with E-state index in [0.717, 1.165) is 17.1 Å². The van der Waals surface area contributed by atoms with Gasteiger partial charge in [0.15, 0.2) is 0 Å². The molecular formula is C20H23ClN2O4. The number of benzene rings is 1. The number of rotatable bonds is 5. The third-order valence-corrected chi connectivity index (χ3v) is 5.33. The quantitative estimate of drug-likeness (QED) is 0.818. The average Bonchev–Trinajstić information content (AvgIpc) is 2.90. The number of nitrogens with one attached hydrogen (secondary N) is 1. The van der Waals surface area contributed by atoms with E-state index in [1.807, 2.05) is 36.6 Å². The second kappa shape index (κ2) is 7.74. The fourth-order valence-electron chi connectivity index (χ4n) is 3.69. The number of nitrogens with zero attached hydrogens (tertiary/aromatic N) is 1. The summed E-state index contributed by atoms with van der Waals surface area (Å²) in [5.41, 5.74) is 2.40. The summed E-state index contributed by atoms with van der Waals surface area (Å²) in [6.07, 6.45) is 0.861. The highest BCUT2D eigenvalue weighted by atomic mass is 35.5. The van der Waals surface area contributed by atoms with Crippen LogP contribution in [0, 0.1) is 13.8 Å². The van der Waals surface area contributed by atoms with Crippen LogP contribution < -0.4 is 5.32 Å². The minimum Gasteiger partial charge on any atom is -0.481 e. The first-order valence-corrected chi connectivity index (χ1v) is 9.26. The summed E-state index contributed by atoms with van der Waals surface area (Å²) in [5.74, 6) is -1.18. The molecule has 1 amide bonds. The number of hydrogen-bond donors (Lipinski definition) is 2. The zero-order chi connectivity index (χ0) is 19.6. The number of hydrogen-bond acceptors (Lipinski definition) is 3. The van der Waals surface area contributed by atoms with Gasteiger partial charge in [-0.25, -0.2) is 0 Å². The van der Waals surface area contributed by atoms with Gasteiger partial charge in [0.1, 0.15) is 0 Å². The van der Waals surface area contributed by atoms with Crippen molar-refractivity contribution in [2.24, 2.45) is 0 Å². The predicted octanol–water partition coefficient (Wildman–Crippen LogP) is 3.50. The summed E-state index contributed by atoms with van der Waals surface area (Å²) in [4.78, 5) is 24.3. The molecule has 1 saturated heterocycles. The van der Waals surface area contributed by atoms with E-state index < -0.39 is 11.5 Å². The lowest BCUT2D eigenvalue weighted by molar-refractivity contribution is -0.139. The summed E-state index contributed by atoms with van der Waals surface area (Å²) in [6.45, 7) is 4.69. The topological polar surface area (TPSA) is 80.6 Å². The highest BCUT2D eigenvalue weighted by Gasteiger charge is 2.37. The summed E-state index contributed by atoms with van der Waals surface area (Å²) in [7, 11) is 0. The molecule has 144 valence electrons. The number of aromatic nitrogens is 1. The number of aryl methyl sites for hydroxylation is 1. The van der Waals surface area contributed by atoms with Crippen molar-refractivity contribution in [3.05, 3.63) is 52.3 Å². The Morgan fingerprint density at radius 2 is 1.85 bits per heavy atom. The molecule has 0 spiro atoms. The van der Waals surface area contributed by atoms with Crippen LogP contribution in [-0.4, -0.2) is 40.3 Å². The second-order valence-corrected chi connectivity index (χ2v) is 7.45. The van der Waals surface area contributed by atoms with E-state index in [1.54, 1.807) is 12.1 Å². The van der Waals surface area contributed by atoms with E-state index in [2.05, 4.69) is 5.32 Å². The van der Waals surface area contributed by atoms with E-state index in [-0.39, 0.29) is 12.3 Å². The van der Waals surface area contributed by atoms with Crippen molar-refractivity contribution in [3.8, 4) is 5.69 Å². The first kappa shape index (κ1) is 19.5. The second-order valence-electron chi connectivity index (χ2n) is 7.01. The Labute approximate surface area is 163 Å². The van der Waals surface area contributed by atoms with Gasteiger partial charge in [0.25, 0.3) is 5.91 Å². The number of carboxylic acids is 1. The third kappa shape index (κ3) is 4.17. The van der Waals surface area contributed by atoms with Crippen LogP contribution in [-0.2, 0) is 9.53 Å². The molecule has 2 N–H and O–H groups in total. The summed E-state index contributed by atoms with van der Waals surface area (Å²) < 4.78 is 7.33. The van der Waals surface area contributed by atoms with Crippen LogP contribution in [0.5, 0.6) is 0 Å². The summed E-state index contributed by atoms with van der Waals surface area (Å²) >= 11 is 5.97. The van der Waals surface area contributed by atoms with Crippen molar-refractivity contribution in [2.45, 2.75) is 38.6 Å². The Balaban J connectivity index is 1.89. The molecule has 1 aliphatic heterocycles. The largest absolute Gasteiger partial charge is 0.481 e. The Kier molecular flexibility index (Phi) is 5.58. The Morgan fingerprint density at radius 3 is 2.44 bits per heavy atom. The highest BCUT2D eigenvalue weighted by Crippen LogP contribution is 2.27. The first-order chi connectivity index (χ1) is 12.8. The number of carbonyl (C=O) groups excluding carboxylic acids is 1. The molecule has 27 heavy (non-hydrogen) atoms. The van der Waals surface area contributed by atoms with Gasteiger partial charge in [-0.3, -0.25) is 9.59 Å². The Morgan fingerprint density at radius 1 is 1.22 bits per heavy atom. The van der Waals surface area contributed by atoms with Crippen molar-refractivity contribution in [3.63, 3.8) is 0 Å². The average molecular weight is 391 g/mol. The third-order valence-electron chi connectivity index (χ3n) is 5.08. The summed E-state index contributed by atoms with van der Waals surface area (Å²) in [5, 5.41) is 12.9. The van der Waals surface area contributed by atoms with Crippen LogP contribution in [0.15, 0.2) is 30.3 Å². The maximum Gasteiger partial charge on any atom is 0.305 e. The molecule has 1 aliphatic rings. The Bertz CT molecular complexity index is 852. The van der Waals surface area contributed by atoms with Gasteiger partial charge in [-0.05, 0) is 57.0 Å². The monoisotopic (exact) mass is 390 g/mol. The van der Waals surface area contributed by atoms with Crippen molar-refractivity contribution in [1.29, 1.82) is 0 Å². The molecule has 0 atom stereocenters. The maximum atomic E-state index is 13.0. The number of amides is 1. The number of ether oxygens (including phenoxy) is 1. The van der Waals surface area contributed by atoms with Crippen LogP contribution >= 0.6 is 11.6 Å². The van der Waals surface area contributed by atoms with Gasteiger partial charge in [-0.2, -0.15) is 0 Å². The minimum absolute atomic E-state index is 0.113. The number of carboxylic acid groups (broad SMARTS) is 1. The fourth-order valence-corrected chi connectivity index (χ4v) is 3.81. The standard InChI is InChI=1S/C20H23ClN2O4/c1-13-11-17(14(2)23(13)16-5-3-15(21)4-6-16)19(26)22-20(12-18(24)25)7-9-27-10-8-20/h3-6,11H,7-10,12H2,1-2H3,(H,22,26)(H,24,25). The maximum absolute atomic E-state index is 13.0. The molecular weight excluding hydrogens is 368 g/mol. The van der Waals surface area contributed by atoms with E-state index in [0.29, 0.717) is 36.6 Å². The molecule has 1 fully saturated rings. The molecule has 7 heteroatoms. The molecule has 3 rings (SSSR count). The molecule has 1 aromatic heterocycles. The van der Waals surface area contributed by atoms with Gasteiger partial charge in [0.05, 0.1) is 17.5 Å². The fraction of sp³-hybridized carbons (Fsp3) is 0.400. The molecule has 2 aromatic rings. The van der Waals surface area contributed by atoms with Crippen molar-refractivity contribution in [2.75, 3.05) is 13.2 Å². The van der Waals surface area contributed by atoms with Gasteiger partial charge >= 0.3 is 5.97 Å². The molecule has 1 aromatic carbocycles. The molecule has 0 aliphatic carbocycles. The van der Waals surface area contributed by atoms with E-state index in [9.17, 15) is 14.7 Å². The van der Waals surface area contributed by atoms with Gasteiger partial charge < -0.3 is 19.7 Å². The normalized spacial score (nSPS) is 16.1. The van der Waals surface area contributed by atoms with Crippen LogP contribution in [0.2, 0.25) is 5.02 Å². The van der Waals surface area contributed by atoms with Crippen LogP contribution in [0.25, 0.3) is 5.69 Å². The SMILES string of the molecule is Cc1cc(C(=O)NC2(CC(=O)O)CCOCC2)c(C)n1-c1ccc(Cl)cc1. The van der Waals surface area contributed by atoms with Crippen molar-refractivity contribution in [1.82, 2.24) is 9.88 Å². The lowest BCUT2D eigenvalue weighted by Gasteiger charge is -2.36. The van der Waals surface area contributed by atoms with E-state index in [4.69, 9.17) is 16.3 Å². The lowest BCUT2D eigenvalue weighted by Crippen LogP contribution is -2.53. The molecule has 0 saturated carbocycles. The van der Waals surface area contributed by atoms with Crippen molar-refractivity contribution >= 4 is 23.5 Å². The molecule has 0 bridgehead atoms.